The van der Waals surface area contributed by atoms with Crippen molar-refractivity contribution in [3.05, 3.63) is 24.3 Å². The van der Waals surface area contributed by atoms with E-state index in [1.54, 1.807) is 18.9 Å². The van der Waals surface area contributed by atoms with Crippen LogP contribution in [0.15, 0.2) is 29.2 Å². The van der Waals surface area contributed by atoms with Crippen LogP contribution in [0, 0.1) is 5.41 Å². The topological polar surface area (TPSA) is 50.4 Å². The van der Waals surface area contributed by atoms with Crippen molar-refractivity contribution in [1.82, 2.24) is 10.6 Å². The van der Waals surface area contributed by atoms with Gasteiger partial charge < -0.3 is 15.4 Å². The van der Waals surface area contributed by atoms with E-state index in [4.69, 9.17) is 4.74 Å². The highest BCUT2D eigenvalue weighted by Crippen LogP contribution is 2.26. The van der Waals surface area contributed by atoms with E-state index in [1.165, 1.54) is 4.90 Å². The molecule has 1 aromatic carbocycles. The van der Waals surface area contributed by atoms with Crippen LogP contribution in [0.4, 0.5) is 0 Å². The van der Waals surface area contributed by atoms with Crippen LogP contribution >= 0.6 is 11.8 Å². The number of rotatable bonds is 7. The number of carbonyl (C=O) groups excluding carboxylic acids is 1. The molecule has 1 fully saturated rings. The molecule has 1 saturated heterocycles. The third kappa shape index (κ3) is 5.54. The highest BCUT2D eigenvalue weighted by atomic mass is 32.2. The van der Waals surface area contributed by atoms with Gasteiger partial charge in [-0.3, -0.25) is 4.79 Å². The number of hydrogen-bond donors (Lipinski definition) is 2. The van der Waals surface area contributed by atoms with Gasteiger partial charge in [-0.05, 0) is 55.6 Å². The lowest BCUT2D eigenvalue weighted by atomic mass is 9.81. The van der Waals surface area contributed by atoms with E-state index in [2.05, 4.69) is 17.6 Å². The highest BCUT2D eigenvalue weighted by Gasteiger charge is 2.26. The SMILES string of the molecule is COc1ccc(SCCC(=O)NCC2(C)CCNCC2)cc1. The van der Waals surface area contributed by atoms with Crippen LogP contribution in [0.2, 0.25) is 0 Å². The largest absolute Gasteiger partial charge is 0.497 e. The summed E-state index contributed by atoms with van der Waals surface area (Å²) in [6.45, 7) is 5.17. The Bertz CT molecular complexity index is 470. The van der Waals surface area contributed by atoms with Crippen molar-refractivity contribution in [2.45, 2.75) is 31.1 Å². The molecule has 1 amide bonds. The smallest absolute Gasteiger partial charge is 0.220 e. The normalized spacial score (nSPS) is 17.0. The second-order valence-electron chi connectivity index (χ2n) is 6.11. The van der Waals surface area contributed by atoms with Crippen molar-refractivity contribution in [1.29, 1.82) is 0 Å². The Kier molecular flexibility index (Phi) is 6.58. The van der Waals surface area contributed by atoms with E-state index in [0.29, 0.717) is 6.42 Å². The van der Waals surface area contributed by atoms with Crippen LogP contribution in [0.25, 0.3) is 0 Å². The number of amides is 1. The van der Waals surface area contributed by atoms with E-state index in [1.807, 2.05) is 24.3 Å². The zero-order valence-electron chi connectivity index (χ0n) is 13.5. The number of nitrogens with one attached hydrogen (secondary N) is 2. The molecule has 1 aliphatic rings. The number of ether oxygens (including phenoxy) is 1. The Labute approximate surface area is 137 Å². The van der Waals surface area contributed by atoms with Crippen LogP contribution in [-0.4, -0.2) is 38.4 Å². The molecule has 0 spiro atoms. The third-order valence-electron chi connectivity index (χ3n) is 4.18. The third-order valence-corrected chi connectivity index (χ3v) is 5.19. The molecule has 4 nitrogen and oxygen atoms in total. The van der Waals surface area contributed by atoms with Crippen molar-refractivity contribution in [3.63, 3.8) is 0 Å². The Morgan fingerprint density at radius 2 is 2.00 bits per heavy atom. The fourth-order valence-electron chi connectivity index (χ4n) is 2.54. The Balaban J connectivity index is 1.64. The van der Waals surface area contributed by atoms with Gasteiger partial charge in [0.25, 0.3) is 0 Å². The number of piperidine rings is 1. The monoisotopic (exact) mass is 322 g/mol. The van der Waals surface area contributed by atoms with E-state index < -0.39 is 0 Å². The summed E-state index contributed by atoms with van der Waals surface area (Å²) < 4.78 is 5.13. The first-order valence-electron chi connectivity index (χ1n) is 7.86. The lowest BCUT2D eigenvalue weighted by molar-refractivity contribution is -0.121. The molecule has 0 bridgehead atoms. The molecule has 0 unspecified atom stereocenters. The lowest BCUT2D eigenvalue weighted by Gasteiger charge is -2.34. The summed E-state index contributed by atoms with van der Waals surface area (Å²) in [4.78, 5) is 13.1. The first-order valence-corrected chi connectivity index (χ1v) is 8.84. The Hall–Kier alpha value is -1.20. The average Bonchev–Trinajstić information content (AvgIpc) is 2.54. The minimum Gasteiger partial charge on any atom is -0.497 e. The fourth-order valence-corrected chi connectivity index (χ4v) is 3.39. The summed E-state index contributed by atoms with van der Waals surface area (Å²) in [5.41, 5.74) is 0.254. The summed E-state index contributed by atoms with van der Waals surface area (Å²) in [7, 11) is 1.66. The van der Waals surface area contributed by atoms with Crippen molar-refractivity contribution in [2.24, 2.45) is 5.41 Å². The van der Waals surface area contributed by atoms with Crippen molar-refractivity contribution < 1.29 is 9.53 Å². The summed E-state index contributed by atoms with van der Waals surface area (Å²) >= 11 is 1.70. The first kappa shape index (κ1) is 17.2. The molecule has 0 atom stereocenters. The van der Waals surface area contributed by atoms with Gasteiger partial charge in [0.05, 0.1) is 7.11 Å². The van der Waals surface area contributed by atoms with Gasteiger partial charge in [-0.15, -0.1) is 11.8 Å². The molecule has 1 aromatic rings. The summed E-state index contributed by atoms with van der Waals surface area (Å²) in [6, 6.07) is 7.94. The van der Waals surface area contributed by atoms with E-state index in [0.717, 1.165) is 44.0 Å². The maximum atomic E-state index is 12.0. The predicted octanol–water partition coefficient (Wildman–Crippen LogP) is 2.68. The van der Waals surface area contributed by atoms with Crippen LogP contribution in [0.5, 0.6) is 5.75 Å². The van der Waals surface area contributed by atoms with Gasteiger partial charge in [0.15, 0.2) is 0 Å². The highest BCUT2D eigenvalue weighted by molar-refractivity contribution is 7.99. The molecule has 1 aliphatic heterocycles. The number of benzene rings is 1. The first-order chi connectivity index (χ1) is 10.6. The summed E-state index contributed by atoms with van der Waals surface area (Å²) in [5, 5.41) is 6.46. The molecule has 2 rings (SSSR count). The second-order valence-corrected chi connectivity index (χ2v) is 7.28. The summed E-state index contributed by atoms with van der Waals surface area (Å²) in [5.74, 6) is 1.81. The maximum absolute atomic E-state index is 12.0. The van der Waals surface area contributed by atoms with Gasteiger partial charge in [0.1, 0.15) is 5.75 Å². The molecule has 5 heteroatoms. The lowest BCUT2D eigenvalue weighted by Crippen LogP contribution is -2.42. The molecule has 0 aliphatic carbocycles. The minimum atomic E-state index is 0.153. The molecular weight excluding hydrogens is 296 g/mol. The van der Waals surface area contributed by atoms with Gasteiger partial charge in [-0.1, -0.05) is 6.92 Å². The molecule has 0 radical (unpaired) electrons. The predicted molar refractivity (Wildman–Crippen MR) is 91.6 cm³/mol. The van der Waals surface area contributed by atoms with Gasteiger partial charge in [-0.25, -0.2) is 0 Å². The van der Waals surface area contributed by atoms with Gasteiger partial charge in [0.2, 0.25) is 5.91 Å². The number of methoxy groups -OCH3 is 1. The second kappa shape index (κ2) is 8.44. The van der Waals surface area contributed by atoms with E-state index >= 15 is 0 Å². The van der Waals surface area contributed by atoms with Gasteiger partial charge in [-0.2, -0.15) is 0 Å². The Morgan fingerprint density at radius 3 is 2.64 bits per heavy atom. The van der Waals surface area contributed by atoms with Crippen LogP contribution < -0.4 is 15.4 Å². The zero-order chi connectivity index (χ0) is 15.8. The molecular formula is C17H26N2O2S. The zero-order valence-corrected chi connectivity index (χ0v) is 14.3. The maximum Gasteiger partial charge on any atom is 0.220 e. The van der Waals surface area contributed by atoms with Crippen molar-refractivity contribution in [3.8, 4) is 5.75 Å². The number of hydrogen-bond acceptors (Lipinski definition) is 4. The molecule has 0 saturated carbocycles. The van der Waals surface area contributed by atoms with Gasteiger partial charge >= 0.3 is 0 Å². The molecule has 0 aromatic heterocycles. The van der Waals surface area contributed by atoms with Crippen molar-refractivity contribution >= 4 is 17.7 Å². The standard InChI is InChI=1S/C17H26N2O2S/c1-17(8-10-18-11-9-17)13-19-16(20)7-12-22-15-5-3-14(21-2)4-6-15/h3-6,18H,7-13H2,1-2H3,(H,19,20). The van der Waals surface area contributed by atoms with Crippen molar-refractivity contribution in [2.75, 3.05) is 32.5 Å². The average molecular weight is 322 g/mol. The van der Waals surface area contributed by atoms with Crippen LogP contribution in [0.3, 0.4) is 0 Å². The fraction of sp³-hybridized carbons (Fsp3) is 0.588. The quantitative estimate of drug-likeness (QED) is 0.758. The van der Waals surface area contributed by atoms with Crippen LogP contribution in [-0.2, 0) is 4.79 Å². The molecule has 2 N–H and O–H groups in total. The molecule has 1 heterocycles. The van der Waals surface area contributed by atoms with E-state index in [9.17, 15) is 4.79 Å². The minimum absolute atomic E-state index is 0.153. The van der Waals surface area contributed by atoms with E-state index in [-0.39, 0.29) is 11.3 Å². The number of carbonyl (C=O) groups is 1. The van der Waals surface area contributed by atoms with Gasteiger partial charge in [0, 0.05) is 23.6 Å². The molecule has 22 heavy (non-hydrogen) atoms. The Morgan fingerprint density at radius 1 is 1.32 bits per heavy atom. The van der Waals surface area contributed by atoms with Crippen LogP contribution in [0.1, 0.15) is 26.2 Å². The summed E-state index contributed by atoms with van der Waals surface area (Å²) in [6.07, 6.45) is 2.83. The molecule has 122 valence electrons. The number of thioether (sulfide) groups is 1.